The molecule has 7 rings (SSSR count). The molecule has 4 aliphatic heterocycles. The van der Waals surface area contributed by atoms with E-state index in [1.54, 1.807) is 23.1 Å². The van der Waals surface area contributed by atoms with Crippen LogP contribution >= 0.6 is 11.6 Å². The molecule has 4 heterocycles. The first-order chi connectivity index (χ1) is 19.4. The van der Waals surface area contributed by atoms with Gasteiger partial charge < -0.3 is 24.4 Å². The summed E-state index contributed by atoms with van der Waals surface area (Å²) in [6, 6.07) is 18.3. The molecule has 0 aliphatic carbocycles. The fraction of sp³-hybridized carbons (Fsp3) is 0.333. The van der Waals surface area contributed by atoms with Crippen molar-refractivity contribution < 1.29 is 23.8 Å². The number of ether oxygens (including phenoxy) is 3. The normalized spacial score (nSPS) is 23.4. The van der Waals surface area contributed by atoms with Gasteiger partial charge in [-0.2, -0.15) is 0 Å². The molecule has 0 radical (unpaired) electrons. The summed E-state index contributed by atoms with van der Waals surface area (Å²) in [7, 11) is 0. The van der Waals surface area contributed by atoms with E-state index in [1.807, 2.05) is 48.2 Å². The van der Waals surface area contributed by atoms with Crippen molar-refractivity contribution in [2.75, 3.05) is 37.9 Å². The zero-order valence-corrected chi connectivity index (χ0v) is 22.8. The molecule has 10 heteroatoms. The maximum Gasteiger partial charge on any atom is 0.325 e. The van der Waals surface area contributed by atoms with Crippen molar-refractivity contribution in [1.29, 1.82) is 0 Å². The third-order valence-electron chi connectivity index (χ3n) is 8.11. The molecule has 2 bridgehead atoms. The summed E-state index contributed by atoms with van der Waals surface area (Å²) in [4.78, 5) is 32.3. The number of anilines is 1. The molecule has 2 fully saturated rings. The van der Waals surface area contributed by atoms with E-state index >= 15 is 0 Å². The van der Waals surface area contributed by atoms with Crippen molar-refractivity contribution in [2.24, 2.45) is 0 Å². The van der Waals surface area contributed by atoms with Gasteiger partial charge in [-0.05, 0) is 67.1 Å². The van der Waals surface area contributed by atoms with Gasteiger partial charge in [0.2, 0.25) is 6.79 Å². The van der Waals surface area contributed by atoms with Crippen molar-refractivity contribution in [2.45, 2.75) is 31.7 Å². The number of hydrogen-bond donors (Lipinski definition) is 1. The van der Waals surface area contributed by atoms with Crippen LogP contribution in [0.25, 0.3) is 0 Å². The average Bonchev–Trinajstić information content (AvgIpc) is 3.42. The van der Waals surface area contributed by atoms with Crippen molar-refractivity contribution in [3.05, 3.63) is 82.4 Å². The van der Waals surface area contributed by atoms with E-state index in [4.69, 9.17) is 25.8 Å². The molecule has 4 aliphatic rings. The summed E-state index contributed by atoms with van der Waals surface area (Å²) >= 11 is 6.18. The third kappa shape index (κ3) is 4.39. The van der Waals surface area contributed by atoms with Crippen LogP contribution in [0.1, 0.15) is 40.9 Å². The number of carbonyl (C=O) groups excluding carboxylic acids is 2. The minimum atomic E-state index is -0.867. The summed E-state index contributed by atoms with van der Waals surface area (Å²) < 4.78 is 17.2. The number of hydrogen-bond acceptors (Lipinski definition) is 6. The monoisotopic (exact) mass is 560 g/mol. The zero-order valence-electron chi connectivity index (χ0n) is 22.1. The van der Waals surface area contributed by atoms with E-state index in [1.165, 1.54) is 0 Å². The van der Waals surface area contributed by atoms with Gasteiger partial charge in [-0.25, -0.2) is 4.79 Å². The Bertz CT molecular complexity index is 1490. The molecule has 0 unspecified atom stereocenters. The molecule has 40 heavy (non-hydrogen) atoms. The summed E-state index contributed by atoms with van der Waals surface area (Å²) in [5.41, 5.74) is 2.44. The van der Waals surface area contributed by atoms with E-state index in [-0.39, 0.29) is 24.8 Å². The van der Waals surface area contributed by atoms with Gasteiger partial charge in [0.15, 0.2) is 17.2 Å². The SMILES string of the molecule is C[C@@]12C[C@@H](NC(=O)N1c1ccc(C(=O)N3CCN(Cc4ccc5c(c4)OCO5)CC3)cc1)c1cc(Cl)ccc1O2. The molecule has 0 saturated carbocycles. The second-order valence-corrected chi connectivity index (χ2v) is 11.2. The predicted octanol–water partition coefficient (Wildman–Crippen LogP) is 4.80. The van der Waals surface area contributed by atoms with Crippen molar-refractivity contribution in [3.63, 3.8) is 0 Å². The number of halogens is 1. The minimum absolute atomic E-state index is 0.0108. The summed E-state index contributed by atoms with van der Waals surface area (Å²) in [6.45, 7) is 5.85. The lowest BCUT2D eigenvalue weighted by Crippen LogP contribution is -2.65. The van der Waals surface area contributed by atoms with Crippen LogP contribution in [0, 0.1) is 0 Å². The van der Waals surface area contributed by atoms with E-state index in [9.17, 15) is 9.59 Å². The highest BCUT2D eigenvalue weighted by Crippen LogP contribution is 2.46. The van der Waals surface area contributed by atoms with Gasteiger partial charge >= 0.3 is 6.03 Å². The molecule has 3 aromatic carbocycles. The lowest BCUT2D eigenvalue weighted by Gasteiger charge is -2.50. The molecule has 3 amide bonds. The maximum atomic E-state index is 13.3. The molecule has 0 aromatic heterocycles. The number of amides is 3. The number of urea groups is 1. The highest BCUT2D eigenvalue weighted by molar-refractivity contribution is 6.30. The Kier molecular flexibility index (Phi) is 6.01. The van der Waals surface area contributed by atoms with Crippen molar-refractivity contribution >= 4 is 29.2 Å². The Labute approximate surface area is 237 Å². The fourth-order valence-corrected chi connectivity index (χ4v) is 6.26. The highest BCUT2D eigenvalue weighted by Gasteiger charge is 2.49. The molecule has 9 nitrogen and oxygen atoms in total. The van der Waals surface area contributed by atoms with Crippen LogP contribution in [-0.4, -0.2) is 60.4 Å². The topological polar surface area (TPSA) is 83.6 Å². The van der Waals surface area contributed by atoms with Crippen LogP contribution in [0.5, 0.6) is 17.2 Å². The second kappa shape index (κ2) is 9.60. The average molecular weight is 561 g/mol. The lowest BCUT2D eigenvalue weighted by molar-refractivity contribution is 0.0379. The van der Waals surface area contributed by atoms with Crippen LogP contribution in [0.3, 0.4) is 0 Å². The summed E-state index contributed by atoms with van der Waals surface area (Å²) in [5.74, 6) is 2.27. The van der Waals surface area contributed by atoms with Gasteiger partial charge in [-0.1, -0.05) is 17.7 Å². The molecule has 1 N–H and O–H groups in total. The number of carbonyl (C=O) groups is 2. The van der Waals surface area contributed by atoms with Crippen molar-refractivity contribution in [3.8, 4) is 17.2 Å². The Morgan fingerprint density at radius 3 is 2.52 bits per heavy atom. The first kappa shape index (κ1) is 25.0. The van der Waals surface area contributed by atoms with Gasteiger partial charge in [0.25, 0.3) is 5.91 Å². The van der Waals surface area contributed by atoms with E-state index in [0.717, 1.165) is 42.3 Å². The number of rotatable bonds is 4. The molecular formula is C30H29ClN4O5. The standard InChI is InChI=1S/C30H29ClN4O5/c1-30-16-24(23-15-21(31)5-9-25(23)40-30)32-29(37)35(30)22-6-3-20(4-7-22)28(36)34-12-10-33(11-13-34)17-19-2-8-26-27(14-19)39-18-38-26/h2-9,14-15,24H,10-13,16-18H2,1H3,(H,32,37)/t24-,30-/m1/s1. The van der Waals surface area contributed by atoms with Crippen LogP contribution in [-0.2, 0) is 6.54 Å². The summed E-state index contributed by atoms with van der Waals surface area (Å²) in [6.07, 6.45) is 0.573. The third-order valence-corrected chi connectivity index (χ3v) is 8.34. The largest absolute Gasteiger partial charge is 0.467 e. The van der Waals surface area contributed by atoms with Crippen LogP contribution in [0.2, 0.25) is 5.02 Å². The van der Waals surface area contributed by atoms with Gasteiger partial charge in [0, 0.05) is 61.0 Å². The van der Waals surface area contributed by atoms with E-state index in [0.29, 0.717) is 41.5 Å². The Hall–Kier alpha value is -3.95. The number of nitrogens with one attached hydrogen (secondary N) is 1. The highest BCUT2D eigenvalue weighted by atomic mass is 35.5. The predicted molar refractivity (Wildman–Crippen MR) is 149 cm³/mol. The zero-order chi connectivity index (χ0) is 27.4. The quantitative estimate of drug-likeness (QED) is 0.494. The Balaban J connectivity index is 1.00. The Morgan fingerprint density at radius 1 is 0.975 bits per heavy atom. The number of benzene rings is 3. The van der Waals surface area contributed by atoms with Crippen LogP contribution in [0.15, 0.2) is 60.7 Å². The smallest absolute Gasteiger partial charge is 0.325 e. The molecule has 206 valence electrons. The Morgan fingerprint density at radius 2 is 1.73 bits per heavy atom. The van der Waals surface area contributed by atoms with Gasteiger partial charge in [0.05, 0.1) is 6.04 Å². The molecule has 0 spiro atoms. The minimum Gasteiger partial charge on any atom is -0.467 e. The first-order valence-electron chi connectivity index (χ1n) is 13.5. The molecular weight excluding hydrogens is 532 g/mol. The first-order valence-corrected chi connectivity index (χ1v) is 13.8. The van der Waals surface area contributed by atoms with Crippen LogP contribution in [0.4, 0.5) is 10.5 Å². The van der Waals surface area contributed by atoms with Gasteiger partial charge in [-0.3, -0.25) is 14.6 Å². The lowest BCUT2D eigenvalue weighted by atomic mass is 9.90. The molecule has 3 aromatic rings. The molecule has 2 saturated heterocycles. The molecule has 2 atom stereocenters. The van der Waals surface area contributed by atoms with E-state index in [2.05, 4.69) is 16.3 Å². The number of nitrogens with zero attached hydrogens (tertiary/aromatic N) is 3. The number of fused-ring (bicyclic) bond motifs is 5. The fourth-order valence-electron chi connectivity index (χ4n) is 6.08. The van der Waals surface area contributed by atoms with Gasteiger partial charge in [-0.15, -0.1) is 0 Å². The van der Waals surface area contributed by atoms with E-state index < -0.39 is 5.72 Å². The van der Waals surface area contributed by atoms with Gasteiger partial charge in [0.1, 0.15) is 5.75 Å². The van der Waals surface area contributed by atoms with Crippen molar-refractivity contribution in [1.82, 2.24) is 15.1 Å². The summed E-state index contributed by atoms with van der Waals surface area (Å²) in [5, 5.41) is 3.69. The number of piperazine rings is 1. The maximum absolute atomic E-state index is 13.3. The van der Waals surface area contributed by atoms with Crippen LogP contribution < -0.4 is 24.4 Å². The second-order valence-electron chi connectivity index (χ2n) is 10.8.